The second kappa shape index (κ2) is 6.23. The summed E-state index contributed by atoms with van der Waals surface area (Å²) in [6.07, 6.45) is -0.717. The SMILES string of the molecule is C[C@@]1(C(=O)O[C@H](C(=O)c2ccccc2)c2ccccc2)CC1(Cl)Cl. The molecule has 124 valence electrons. The molecule has 0 aromatic heterocycles. The van der Waals surface area contributed by atoms with Crippen LogP contribution < -0.4 is 0 Å². The average molecular weight is 363 g/mol. The third-order valence-corrected chi connectivity index (χ3v) is 5.43. The van der Waals surface area contributed by atoms with E-state index in [4.69, 9.17) is 27.9 Å². The molecule has 0 aliphatic heterocycles. The number of esters is 1. The summed E-state index contributed by atoms with van der Waals surface area (Å²) in [6.45, 7) is 1.64. The lowest BCUT2D eigenvalue weighted by Gasteiger charge is -2.20. The summed E-state index contributed by atoms with van der Waals surface area (Å²) in [5.41, 5.74) is 0.0990. The van der Waals surface area contributed by atoms with Gasteiger partial charge in [-0.2, -0.15) is 0 Å². The van der Waals surface area contributed by atoms with Crippen LogP contribution >= 0.6 is 23.2 Å². The molecule has 0 unspecified atom stereocenters. The highest BCUT2D eigenvalue weighted by Gasteiger charge is 2.69. The van der Waals surface area contributed by atoms with Crippen LogP contribution in [0.3, 0.4) is 0 Å². The van der Waals surface area contributed by atoms with Crippen LogP contribution in [0.2, 0.25) is 0 Å². The summed E-state index contributed by atoms with van der Waals surface area (Å²) in [5, 5.41) is 0. The fourth-order valence-corrected chi connectivity index (χ4v) is 3.20. The first-order valence-corrected chi connectivity index (χ1v) is 8.34. The topological polar surface area (TPSA) is 43.4 Å². The largest absolute Gasteiger partial charge is 0.448 e. The molecular weight excluding hydrogens is 347 g/mol. The van der Waals surface area contributed by atoms with Gasteiger partial charge in [0.1, 0.15) is 9.75 Å². The molecule has 1 aliphatic carbocycles. The molecule has 1 saturated carbocycles. The first-order chi connectivity index (χ1) is 11.3. The van der Waals surface area contributed by atoms with Gasteiger partial charge in [-0.1, -0.05) is 60.7 Å². The van der Waals surface area contributed by atoms with Crippen LogP contribution in [0.15, 0.2) is 60.7 Å². The average Bonchev–Trinajstić information content (AvgIpc) is 3.13. The van der Waals surface area contributed by atoms with Gasteiger partial charge in [-0.15, -0.1) is 23.2 Å². The summed E-state index contributed by atoms with van der Waals surface area (Å²) in [5.74, 6) is -0.847. The molecule has 3 nitrogen and oxygen atoms in total. The highest BCUT2D eigenvalue weighted by atomic mass is 35.5. The van der Waals surface area contributed by atoms with Crippen LogP contribution in [-0.2, 0) is 9.53 Å². The summed E-state index contributed by atoms with van der Waals surface area (Å²) in [4.78, 5) is 25.4. The van der Waals surface area contributed by atoms with Crippen molar-refractivity contribution in [2.24, 2.45) is 5.41 Å². The molecule has 0 saturated heterocycles. The number of ketones is 1. The van der Waals surface area contributed by atoms with Gasteiger partial charge in [0.05, 0.1) is 0 Å². The first kappa shape index (κ1) is 17.0. The quantitative estimate of drug-likeness (QED) is 0.438. The fourth-order valence-electron chi connectivity index (χ4n) is 2.51. The maximum absolute atomic E-state index is 12.8. The van der Waals surface area contributed by atoms with Gasteiger partial charge in [-0.3, -0.25) is 9.59 Å². The van der Waals surface area contributed by atoms with E-state index in [1.165, 1.54) is 0 Å². The van der Waals surface area contributed by atoms with Crippen LogP contribution in [0.25, 0.3) is 0 Å². The molecule has 3 rings (SSSR count). The van der Waals surface area contributed by atoms with Crippen molar-refractivity contribution >= 4 is 35.0 Å². The molecule has 2 aromatic rings. The maximum atomic E-state index is 12.8. The van der Waals surface area contributed by atoms with E-state index in [1.54, 1.807) is 55.5 Å². The Bertz CT molecular complexity index is 759. The van der Waals surface area contributed by atoms with Crippen LogP contribution in [0.1, 0.15) is 35.4 Å². The van der Waals surface area contributed by atoms with Gasteiger partial charge >= 0.3 is 5.97 Å². The monoisotopic (exact) mass is 362 g/mol. The van der Waals surface area contributed by atoms with Gasteiger partial charge < -0.3 is 4.74 Å². The van der Waals surface area contributed by atoms with Crippen molar-refractivity contribution in [3.05, 3.63) is 71.8 Å². The number of Topliss-reactive ketones (excluding diaryl/α,β-unsaturated/α-hetero) is 1. The van der Waals surface area contributed by atoms with Crippen molar-refractivity contribution < 1.29 is 14.3 Å². The predicted molar refractivity (Wildman–Crippen MR) is 93.2 cm³/mol. The Morgan fingerprint density at radius 2 is 1.50 bits per heavy atom. The zero-order chi connectivity index (χ0) is 17.4. The highest BCUT2D eigenvalue weighted by molar-refractivity contribution is 6.53. The summed E-state index contributed by atoms with van der Waals surface area (Å²) in [6, 6.07) is 17.7. The lowest BCUT2D eigenvalue weighted by molar-refractivity contribution is -0.153. The highest BCUT2D eigenvalue weighted by Crippen LogP contribution is 2.64. The molecule has 0 amide bonds. The molecule has 0 radical (unpaired) electrons. The number of rotatable bonds is 5. The number of carbonyl (C=O) groups excluding carboxylic acids is 2. The number of alkyl halides is 2. The zero-order valence-electron chi connectivity index (χ0n) is 13.0. The molecule has 2 aromatic carbocycles. The minimum atomic E-state index is -1.14. The van der Waals surface area contributed by atoms with Gasteiger partial charge in [0.2, 0.25) is 5.78 Å². The number of ether oxygens (including phenoxy) is 1. The van der Waals surface area contributed by atoms with Crippen LogP contribution in [0.5, 0.6) is 0 Å². The van der Waals surface area contributed by atoms with Crippen molar-refractivity contribution in [3.63, 3.8) is 0 Å². The molecule has 1 aliphatic rings. The maximum Gasteiger partial charge on any atom is 0.316 e. The first-order valence-electron chi connectivity index (χ1n) is 7.58. The van der Waals surface area contributed by atoms with E-state index in [-0.39, 0.29) is 5.78 Å². The van der Waals surface area contributed by atoms with Crippen molar-refractivity contribution in [2.75, 3.05) is 0 Å². The summed E-state index contributed by atoms with van der Waals surface area (Å²) in [7, 11) is 0. The van der Waals surface area contributed by atoms with Crippen LogP contribution in [0.4, 0.5) is 0 Å². The number of carbonyl (C=O) groups is 2. The smallest absolute Gasteiger partial charge is 0.316 e. The minimum Gasteiger partial charge on any atom is -0.448 e. The Labute approximate surface area is 150 Å². The van der Waals surface area contributed by atoms with E-state index < -0.39 is 21.8 Å². The molecular formula is C19H16Cl2O3. The summed E-state index contributed by atoms with van der Waals surface area (Å²) >= 11 is 12.1. The van der Waals surface area contributed by atoms with Crippen LogP contribution in [-0.4, -0.2) is 16.1 Å². The van der Waals surface area contributed by atoms with E-state index in [9.17, 15) is 9.59 Å². The van der Waals surface area contributed by atoms with Crippen molar-refractivity contribution in [1.82, 2.24) is 0 Å². The predicted octanol–water partition coefficient (Wildman–Crippen LogP) is 4.74. The Hall–Kier alpha value is -1.84. The molecule has 24 heavy (non-hydrogen) atoms. The van der Waals surface area contributed by atoms with Crippen molar-refractivity contribution in [1.29, 1.82) is 0 Å². The molecule has 0 N–H and O–H groups in total. The minimum absolute atomic E-state index is 0.283. The third kappa shape index (κ3) is 3.06. The lowest BCUT2D eigenvalue weighted by atomic mass is 9.99. The Kier molecular flexibility index (Phi) is 4.41. The van der Waals surface area contributed by atoms with Crippen molar-refractivity contribution in [2.45, 2.75) is 23.8 Å². The van der Waals surface area contributed by atoms with E-state index in [0.29, 0.717) is 17.5 Å². The van der Waals surface area contributed by atoms with E-state index >= 15 is 0 Å². The third-order valence-electron chi connectivity index (χ3n) is 4.33. The molecule has 0 heterocycles. The zero-order valence-corrected chi connectivity index (χ0v) is 14.6. The fraction of sp³-hybridized carbons (Fsp3) is 0.263. The van der Waals surface area contributed by atoms with Gasteiger partial charge in [0.25, 0.3) is 0 Å². The standard InChI is InChI=1S/C19H16Cl2O3/c1-18(12-19(18,20)21)17(23)24-16(14-10-6-3-7-11-14)15(22)13-8-4-2-5-9-13/h2-11,16H,12H2,1H3/t16-,18-/m0/s1. The molecule has 5 heteroatoms. The van der Waals surface area contributed by atoms with Crippen molar-refractivity contribution in [3.8, 4) is 0 Å². The molecule has 2 atom stereocenters. The lowest BCUT2D eigenvalue weighted by Crippen LogP contribution is -2.27. The number of halogens is 2. The number of hydrogen-bond donors (Lipinski definition) is 0. The number of hydrogen-bond acceptors (Lipinski definition) is 3. The second-order valence-corrected chi connectivity index (χ2v) is 7.62. The second-order valence-electron chi connectivity index (χ2n) is 6.14. The van der Waals surface area contributed by atoms with Gasteiger partial charge in [-0.05, 0) is 6.92 Å². The Balaban J connectivity index is 1.89. The van der Waals surface area contributed by atoms with E-state index in [0.717, 1.165) is 0 Å². The normalized spacial score (nSPS) is 22.5. The molecule has 0 spiro atoms. The Morgan fingerprint density at radius 1 is 1.00 bits per heavy atom. The van der Waals surface area contributed by atoms with Crippen LogP contribution in [0, 0.1) is 5.41 Å². The van der Waals surface area contributed by atoms with E-state index in [2.05, 4.69) is 0 Å². The molecule has 0 bridgehead atoms. The Morgan fingerprint density at radius 3 is 2.00 bits per heavy atom. The number of benzene rings is 2. The van der Waals surface area contributed by atoms with Gasteiger partial charge in [0.15, 0.2) is 6.10 Å². The van der Waals surface area contributed by atoms with Gasteiger partial charge in [-0.25, -0.2) is 0 Å². The van der Waals surface area contributed by atoms with Gasteiger partial charge in [0, 0.05) is 17.5 Å². The summed E-state index contributed by atoms with van der Waals surface area (Å²) < 4.78 is 4.42. The van der Waals surface area contributed by atoms with E-state index in [1.807, 2.05) is 12.1 Å². The molecule has 1 fully saturated rings.